The van der Waals surface area contributed by atoms with Gasteiger partial charge in [-0.2, -0.15) is 11.3 Å². The molecule has 33 heavy (non-hydrogen) atoms. The van der Waals surface area contributed by atoms with Crippen LogP contribution >= 0.6 is 11.3 Å². The number of benzene rings is 1. The van der Waals surface area contributed by atoms with Gasteiger partial charge in [0.05, 0.1) is 6.42 Å². The highest BCUT2D eigenvalue weighted by molar-refractivity contribution is 7.08. The Morgan fingerprint density at radius 3 is 2.79 bits per heavy atom. The first-order valence-electron chi connectivity index (χ1n) is 11.8. The van der Waals surface area contributed by atoms with Crippen LogP contribution in [-0.4, -0.2) is 85.5 Å². The van der Waals surface area contributed by atoms with Crippen LogP contribution in [-0.2, 0) is 22.6 Å². The number of carbonyl (C=O) groups is 2. The molecule has 2 amide bonds. The Morgan fingerprint density at radius 2 is 2.06 bits per heavy atom. The molecule has 1 N–H and O–H groups in total. The SMILES string of the molecule is CN(Cc1cccc(OCCN2CCN(C(=O)Cc3ccsc3)CC2)c1)C[C@H]1CCC(=O)N1. The number of ether oxygens (including phenoxy) is 1. The van der Waals surface area contributed by atoms with Gasteiger partial charge in [0.15, 0.2) is 0 Å². The van der Waals surface area contributed by atoms with Crippen molar-refractivity contribution in [1.29, 1.82) is 0 Å². The fourth-order valence-electron chi connectivity index (χ4n) is 4.49. The molecule has 1 aromatic heterocycles. The molecule has 0 bridgehead atoms. The van der Waals surface area contributed by atoms with Crippen molar-refractivity contribution in [3.63, 3.8) is 0 Å². The van der Waals surface area contributed by atoms with E-state index in [4.69, 9.17) is 4.74 Å². The Labute approximate surface area is 200 Å². The fourth-order valence-corrected chi connectivity index (χ4v) is 5.16. The minimum atomic E-state index is 0.162. The van der Waals surface area contributed by atoms with E-state index in [1.165, 1.54) is 5.56 Å². The monoisotopic (exact) mass is 470 g/mol. The van der Waals surface area contributed by atoms with E-state index in [1.807, 2.05) is 33.9 Å². The molecule has 7 nitrogen and oxygen atoms in total. The molecular formula is C25H34N4O3S. The Bertz CT molecular complexity index is 912. The fraction of sp³-hybridized carbons (Fsp3) is 0.520. The Balaban J connectivity index is 1.14. The van der Waals surface area contributed by atoms with E-state index in [-0.39, 0.29) is 17.9 Å². The van der Waals surface area contributed by atoms with E-state index < -0.39 is 0 Å². The molecule has 3 heterocycles. The summed E-state index contributed by atoms with van der Waals surface area (Å²) < 4.78 is 6.03. The first-order valence-corrected chi connectivity index (χ1v) is 12.7. The minimum absolute atomic E-state index is 0.162. The molecule has 0 aliphatic carbocycles. The normalized spacial score (nSPS) is 19.2. The summed E-state index contributed by atoms with van der Waals surface area (Å²) in [6.45, 7) is 6.53. The summed E-state index contributed by atoms with van der Waals surface area (Å²) in [4.78, 5) is 30.4. The number of rotatable bonds is 10. The molecule has 0 spiro atoms. The van der Waals surface area contributed by atoms with Crippen molar-refractivity contribution < 1.29 is 14.3 Å². The number of likely N-dealkylation sites (N-methyl/N-ethyl adjacent to an activating group) is 1. The second kappa shape index (κ2) is 11.6. The smallest absolute Gasteiger partial charge is 0.227 e. The second-order valence-corrected chi connectivity index (χ2v) is 9.81. The quantitative estimate of drug-likeness (QED) is 0.577. The van der Waals surface area contributed by atoms with Gasteiger partial charge in [0, 0.05) is 58.3 Å². The summed E-state index contributed by atoms with van der Waals surface area (Å²) in [6, 6.07) is 10.5. The van der Waals surface area contributed by atoms with Crippen LogP contribution in [0.15, 0.2) is 41.1 Å². The molecule has 178 valence electrons. The van der Waals surface area contributed by atoms with Crippen LogP contribution in [0.1, 0.15) is 24.0 Å². The zero-order chi connectivity index (χ0) is 23.0. The highest BCUT2D eigenvalue weighted by atomic mass is 32.1. The first-order chi connectivity index (χ1) is 16.0. The van der Waals surface area contributed by atoms with Crippen molar-refractivity contribution >= 4 is 23.2 Å². The Morgan fingerprint density at radius 1 is 1.21 bits per heavy atom. The van der Waals surface area contributed by atoms with Crippen molar-refractivity contribution in [1.82, 2.24) is 20.0 Å². The van der Waals surface area contributed by atoms with Crippen LogP contribution in [0.2, 0.25) is 0 Å². The molecule has 2 saturated heterocycles. The van der Waals surface area contributed by atoms with Gasteiger partial charge >= 0.3 is 0 Å². The third-order valence-corrected chi connectivity index (χ3v) is 7.04. The van der Waals surface area contributed by atoms with Crippen molar-refractivity contribution in [2.45, 2.75) is 31.8 Å². The van der Waals surface area contributed by atoms with Gasteiger partial charge in [-0.15, -0.1) is 0 Å². The largest absolute Gasteiger partial charge is 0.492 e. The van der Waals surface area contributed by atoms with Crippen molar-refractivity contribution in [3.8, 4) is 5.75 Å². The number of thiophene rings is 1. The van der Waals surface area contributed by atoms with E-state index in [0.717, 1.165) is 63.5 Å². The Kier molecular flexibility index (Phi) is 8.36. The van der Waals surface area contributed by atoms with Gasteiger partial charge in [0.1, 0.15) is 12.4 Å². The van der Waals surface area contributed by atoms with Crippen molar-refractivity contribution in [3.05, 3.63) is 52.2 Å². The summed E-state index contributed by atoms with van der Waals surface area (Å²) in [6.07, 6.45) is 2.07. The average Bonchev–Trinajstić information content (AvgIpc) is 3.46. The van der Waals surface area contributed by atoms with Gasteiger partial charge in [-0.05, 0) is 53.6 Å². The van der Waals surface area contributed by atoms with E-state index in [0.29, 0.717) is 19.4 Å². The summed E-state index contributed by atoms with van der Waals surface area (Å²) in [5.74, 6) is 1.27. The molecule has 2 aliphatic heterocycles. The first kappa shape index (κ1) is 23.7. The molecule has 2 fully saturated rings. The van der Waals surface area contributed by atoms with Crippen LogP contribution in [0.5, 0.6) is 5.75 Å². The predicted molar refractivity (Wildman–Crippen MR) is 130 cm³/mol. The molecule has 0 radical (unpaired) electrons. The molecule has 0 unspecified atom stereocenters. The summed E-state index contributed by atoms with van der Waals surface area (Å²) >= 11 is 1.64. The second-order valence-electron chi connectivity index (χ2n) is 9.03. The lowest BCUT2D eigenvalue weighted by Gasteiger charge is -2.34. The number of carbonyl (C=O) groups excluding carboxylic acids is 2. The van der Waals surface area contributed by atoms with Crippen LogP contribution < -0.4 is 10.1 Å². The van der Waals surface area contributed by atoms with Gasteiger partial charge in [-0.3, -0.25) is 14.5 Å². The van der Waals surface area contributed by atoms with Gasteiger partial charge in [-0.25, -0.2) is 0 Å². The number of amides is 2. The number of nitrogens with zero attached hydrogens (tertiary/aromatic N) is 3. The van der Waals surface area contributed by atoms with Gasteiger partial charge in [0.25, 0.3) is 0 Å². The molecule has 8 heteroatoms. The number of nitrogens with one attached hydrogen (secondary N) is 1. The van der Waals surface area contributed by atoms with Crippen molar-refractivity contribution in [2.24, 2.45) is 0 Å². The minimum Gasteiger partial charge on any atom is -0.492 e. The van der Waals surface area contributed by atoms with E-state index in [9.17, 15) is 9.59 Å². The van der Waals surface area contributed by atoms with E-state index in [1.54, 1.807) is 11.3 Å². The summed E-state index contributed by atoms with van der Waals surface area (Å²) in [5.41, 5.74) is 2.32. The lowest BCUT2D eigenvalue weighted by atomic mass is 10.1. The Hall–Kier alpha value is -2.42. The van der Waals surface area contributed by atoms with E-state index in [2.05, 4.69) is 34.3 Å². The summed E-state index contributed by atoms with van der Waals surface area (Å²) in [7, 11) is 2.09. The van der Waals surface area contributed by atoms with Gasteiger partial charge in [-0.1, -0.05) is 12.1 Å². The molecular weight excluding hydrogens is 436 g/mol. The number of hydrogen-bond donors (Lipinski definition) is 1. The molecule has 1 atom stereocenters. The lowest BCUT2D eigenvalue weighted by Crippen LogP contribution is -2.49. The highest BCUT2D eigenvalue weighted by Crippen LogP contribution is 2.16. The summed E-state index contributed by atoms with van der Waals surface area (Å²) in [5, 5.41) is 7.10. The van der Waals surface area contributed by atoms with Gasteiger partial charge in [0.2, 0.25) is 11.8 Å². The lowest BCUT2D eigenvalue weighted by molar-refractivity contribution is -0.132. The zero-order valence-corrected chi connectivity index (χ0v) is 20.2. The maximum absolute atomic E-state index is 12.5. The van der Waals surface area contributed by atoms with Crippen molar-refractivity contribution in [2.75, 3.05) is 52.9 Å². The van der Waals surface area contributed by atoms with Crippen LogP contribution in [0.25, 0.3) is 0 Å². The average molecular weight is 471 g/mol. The third kappa shape index (κ3) is 7.28. The third-order valence-electron chi connectivity index (χ3n) is 6.30. The standard InChI is InChI=1S/C25H34N4O3S/c1-27(18-22-5-6-24(30)26-22)17-20-3-2-4-23(15-20)32-13-12-28-8-10-29(11-9-28)25(31)16-21-7-14-33-19-21/h2-4,7,14-15,19,22H,5-6,8-13,16-18H2,1H3,(H,26,30)/t22-/m1/s1. The van der Waals surface area contributed by atoms with Crippen LogP contribution in [0, 0.1) is 0 Å². The number of hydrogen-bond acceptors (Lipinski definition) is 6. The molecule has 0 saturated carbocycles. The highest BCUT2D eigenvalue weighted by Gasteiger charge is 2.22. The molecule has 2 aromatic rings. The maximum Gasteiger partial charge on any atom is 0.227 e. The topological polar surface area (TPSA) is 65.1 Å². The zero-order valence-electron chi connectivity index (χ0n) is 19.4. The molecule has 2 aliphatic rings. The number of piperazine rings is 1. The van der Waals surface area contributed by atoms with E-state index >= 15 is 0 Å². The van der Waals surface area contributed by atoms with Crippen LogP contribution in [0.4, 0.5) is 0 Å². The maximum atomic E-state index is 12.5. The molecule has 1 aromatic carbocycles. The van der Waals surface area contributed by atoms with Crippen LogP contribution in [0.3, 0.4) is 0 Å². The van der Waals surface area contributed by atoms with Gasteiger partial charge < -0.3 is 19.9 Å². The molecule has 4 rings (SSSR count). The predicted octanol–water partition coefficient (Wildman–Crippen LogP) is 2.22.